The topological polar surface area (TPSA) is 54.9 Å². The highest BCUT2D eigenvalue weighted by Crippen LogP contribution is 2.19. The minimum absolute atomic E-state index is 0.175. The Balaban J connectivity index is 2.23. The quantitative estimate of drug-likeness (QED) is 0.784. The Hall–Kier alpha value is -1.02. The fraction of sp³-hybridized carbons (Fsp3) is 0. The normalized spacial score (nSPS) is 10.0. The summed E-state index contributed by atoms with van der Waals surface area (Å²) < 4.78 is 1.76. The number of rotatable bonds is 2. The number of hydrogen-bond acceptors (Lipinski definition) is 3. The molecule has 1 heterocycles. The molecule has 2 aromatic rings. The highest BCUT2D eigenvalue weighted by molar-refractivity contribution is 14.1. The van der Waals surface area contributed by atoms with E-state index in [0.29, 0.717) is 11.3 Å². The molecular weight excluding hydrogens is 397 g/mol. The lowest BCUT2D eigenvalue weighted by Crippen LogP contribution is -2.13. The molecular formula is C11H7BrIN3O. The maximum atomic E-state index is 12.0. The van der Waals surface area contributed by atoms with Crippen molar-refractivity contribution in [2.24, 2.45) is 0 Å². The zero-order chi connectivity index (χ0) is 12.3. The molecule has 0 radical (unpaired) electrons. The van der Waals surface area contributed by atoms with Gasteiger partial charge in [0.15, 0.2) is 0 Å². The van der Waals surface area contributed by atoms with Gasteiger partial charge < -0.3 is 5.32 Å². The number of aromatic nitrogens is 2. The molecule has 0 atom stereocenters. The first-order valence-electron chi connectivity index (χ1n) is 4.68. The summed E-state index contributed by atoms with van der Waals surface area (Å²) in [6, 6.07) is 5.55. The van der Waals surface area contributed by atoms with E-state index < -0.39 is 0 Å². The van der Waals surface area contributed by atoms with Gasteiger partial charge in [-0.05, 0) is 40.8 Å². The molecule has 86 valence electrons. The number of nitrogens with one attached hydrogen (secondary N) is 1. The van der Waals surface area contributed by atoms with E-state index >= 15 is 0 Å². The van der Waals surface area contributed by atoms with Crippen LogP contribution >= 0.6 is 38.5 Å². The number of carbonyl (C=O) groups is 1. The second-order valence-electron chi connectivity index (χ2n) is 3.21. The van der Waals surface area contributed by atoms with Crippen molar-refractivity contribution in [2.75, 3.05) is 5.32 Å². The molecule has 2 rings (SSSR count). The third-order valence-electron chi connectivity index (χ3n) is 1.99. The summed E-state index contributed by atoms with van der Waals surface area (Å²) in [5.41, 5.74) is 1.19. The van der Waals surface area contributed by atoms with Crippen LogP contribution in [-0.2, 0) is 0 Å². The molecule has 0 aliphatic carbocycles. The summed E-state index contributed by atoms with van der Waals surface area (Å²) in [6.45, 7) is 0. The lowest BCUT2D eigenvalue weighted by atomic mass is 10.2. The van der Waals surface area contributed by atoms with Crippen molar-refractivity contribution in [3.8, 4) is 0 Å². The van der Waals surface area contributed by atoms with E-state index in [1.165, 1.54) is 6.33 Å². The van der Waals surface area contributed by atoms with Gasteiger partial charge in [-0.25, -0.2) is 9.97 Å². The second kappa shape index (κ2) is 5.54. The molecule has 1 aromatic heterocycles. The van der Waals surface area contributed by atoms with Gasteiger partial charge in [-0.2, -0.15) is 0 Å². The lowest BCUT2D eigenvalue weighted by Gasteiger charge is -2.06. The van der Waals surface area contributed by atoms with Crippen molar-refractivity contribution in [1.82, 2.24) is 9.97 Å². The highest BCUT2D eigenvalue weighted by Gasteiger charge is 2.10. The molecule has 0 spiro atoms. The summed E-state index contributed by atoms with van der Waals surface area (Å²) in [5, 5.41) is 2.74. The van der Waals surface area contributed by atoms with Gasteiger partial charge in [0.2, 0.25) is 0 Å². The second-order valence-corrected chi connectivity index (χ2v) is 5.28. The SMILES string of the molecule is O=C(Nc1cncnc1)c1cc(Br)ccc1I. The van der Waals surface area contributed by atoms with Crippen LogP contribution in [0.5, 0.6) is 0 Å². The molecule has 1 N–H and O–H groups in total. The van der Waals surface area contributed by atoms with Crippen molar-refractivity contribution in [3.63, 3.8) is 0 Å². The summed E-state index contributed by atoms with van der Waals surface area (Å²) in [7, 11) is 0. The Morgan fingerprint density at radius 3 is 2.71 bits per heavy atom. The van der Waals surface area contributed by atoms with Crippen LogP contribution in [0, 0.1) is 3.57 Å². The summed E-state index contributed by atoms with van der Waals surface area (Å²) >= 11 is 5.46. The third-order valence-corrected chi connectivity index (χ3v) is 3.43. The molecule has 6 heteroatoms. The van der Waals surface area contributed by atoms with Gasteiger partial charge in [-0.15, -0.1) is 0 Å². The smallest absolute Gasteiger partial charge is 0.256 e. The first kappa shape index (κ1) is 12.4. The molecule has 0 saturated heterocycles. The monoisotopic (exact) mass is 403 g/mol. The van der Waals surface area contributed by atoms with Crippen molar-refractivity contribution >= 4 is 50.1 Å². The van der Waals surface area contributed by atoms with E-state index in [2.05, 4.69) is 53.8 Å². The van der Waals surface area contributed by atoms with E-state index in [0.717, 1.165) is 8.04 Å². The predicted molar refractivity (Wildman–Crippen MR) is 76.8 cm³/mol. The molecule has 0 bridgehead atoms. The van der Waals surface area contributed by atoms with Crippen molar-refractivity contribution in [2.45, 2.75) is 0 Å². The number of nitrogens with zero attached hydrogens (tertiary/aromatic N) is 2. The predicted octanol–water partition coefficient (Wildman–Crippen LogP) is 3.10. The Morgan fingerprint density at radius 2 is 2.00 bits per heavy atom. The van der Waals surface area contributed by atoms with E-state index in [1.54, 1.807) is 18.5 Å². The Kier molecular flexibility index (Phi) is 4.06. The fourth-order valence-corrected chi connectivity index (χ4v) is 2.18. The van der Waals surface area contributed by atoms with Crippen LogP contribution in [0.15, 0.2) is 41.4 Å². The minimum atomic E-state index is -0.175. The Labute approximate surface area is 120 Å². The lowest BCUT2D eigenvalue weighted by molar-refractivity contribution is 0.102. The average Bonchev–Trinajstić information content (AvgIpc) is 2.33. The van der Waals surface area contributed by atoms with E-state index in [4.69, 9.17) is 0 Å². The van der Waals surface area contributed by atoms with Gasteiger partial charge in [0.25, 0.3) is 5.91 Å². The van der Waals surface area contributed by atoms with Crippen LogP contribution in [-0.4, -0.2) is 15.9 Å². The largest absolute Gasteiger partial charge is 0.319 e. The number of carbonyl (C=O) groups excluding carboxylic acids is 1. The summed E-state index contributed by atoms with van der Waals surface area (Å²) in [4.78, 5) is 19.7. The Morgan fingerprint density at radius 1 is 1.29 bits per heavy atom. The minimum Gasteiger partial charge on any atom is -0.319 e. The van der Waals surface area contributed by atoms with Gasteiger partial charge in [0.1, 0.15) is 6.33 Å². The fourth-order valence-electron chi connectivity index (χ4n) is 1.23. The molecule has 4 nitrogen and oxygen atoms in total. The maximum absolute atomic E-state index is 12.0. The molecule has 17 heavy (non-hydrogen) atoms. The van der Waals surface area contributed by atoms with Crippen LogP contribution in [0.2, 0.25) is 0 Å². The summed E-state index contributed by atoms with van der Waals surface area (Å²) in [6.07, 6.45) is 4.52. The average molecular weight is 404 g/mol. The number of anilines is 1. The maximum Gasteiger partial charge on any atom is 0.256 e. The van der Waals surface area contributed by atoms with Crippen LogP contribution in [0.25, 0.3) is 0 Å². The number of amides is 1. The number of benzene rings is 1. The molecule has 0 unspecified atom stereocenters. The van der Waals surface area contributed by atoms with Gasteiger partial charge in [0, 0.05) is 8.04 Å². The zero-order valence-corrected chi connectivity index (χ0v) is 12.3. The van der Waals surface area contributed by atoms with Crippen molar-refractivity contribution < 1.29 is 4.79 Å². The third kappa shape index (κ3) is 3.22. The highest BCUT2D eigenvalue weighted by atomic mass is 127. The van der Waals surface area contributed by atoms with E-state index in [1.807, 2.05) is 12.1 Å². The van der Waals surface area contributed by atoms with Crippen molar-refractivity contribution in [3.05, 3.63) is 50.5 Å². The van der Waals surface area contributed by atoms with Crippen LogP contribution in [0.1, 0.15) is 10.4 Å². The number of hydrogen-bond donors (Lipinski definition) is 1. The molecule has 0 aliphatic heterocycles. The van der Waals surface area contributed by atoms with Gasteiger partial charge in [0.05, 0.1) is 23.6 Å². The van der Waals surface area contributed by atoms with E-state index in [9.17, 15) is 4.79 Å². The van der Waals surface area contributed by atoms with Crippen LogP contribution in [0.4, 0.5) is 5.69 Å². The molecule has 1 amide bonds. The Bertz CT molecular complexity index is 548. The molecule has 0 aliphatic rings. The standard InChI is InChI=1S/C11H7BrIN3O/c12-7-1-2-10(13)9(3-7)11(17)16-8-4-14-6-15-5-8/h1-6H,(H,16,17). The van der Waals surface area contributed by atoms with Crippen molar-refractivity contribution in [1.29, 1.82) is 0 Å². The molecule has 0 fully saturated rings. The zero-order valence-electron chi connectivity index (χ0n) is 8.52. The van der Waals surface area contributed by atoms with Crippen LogP contribution in [0.3, 0.4) is 0 Å². The molecule has 1 aromatic carbocycles. The first-order chi connectivity index (χ1) is 8.16. The first-order valence-corrected chi connectivity index (χ1v) is 6.55. The van der Waals surface area contributed by atoms with Crippen LogP contribution < -0.4 is 5.32 Å². The van der Waals surface area contributed by atoms with Gasteiger partial charge in [-0.3, -0.25) is 4.79 Å². The van der Waals surface area contributed by atoms with Gasteiger partial charge in [-0.1, -0.05) is 15.9 Å². The summed E-state index contributed by atoms with van der Waals surface area (Å²) in [5.74, 6) is -0.175. The number of halogens is 2. The van der Waals surface area contributed by atoms with Gasteiger partial charge >= 0.3 is 0 Å². The van der Waals surface area contributed by atoms with E-state index in [-0.39, 0.29) is 5.91 Å². The molecule has 0 saturated carbocycles.